The fourth-order valence-electron chi connectivity index (χ4n) is 4.00. The first-order valence-electron chi connectivity index (χ1n) is 7.26. The number of phenols is 1. The van der Waals surface area contributed by atoms with Crippen LogP contribution in [0.4, 0.5) is 0 Å². The van der Waals surface area contributed by atoms with Crippen molar-refractivity contribution in [2.45, 2.75) is 50.6 Å². The number of likely N-dealkylation sites (tertiary alicyclic amines) is 1. The Labute approximate surface area is 110 Å². The van der Waals surface area contributed by atoms with Gasteiger partial charge in [0, 0.05) is 12.1 Å². The summed E-state index contributed by atoms with van der Waals surface area (Å²) in [5, 5.41) is 9.64. The van der Waals surface area contributed by atoms with E-state index in [1.807, 2.05) is 12.1 Å². The highest BCUT2D eigenvalue weighted by Crippen LogP contribution is 2.42. The van der Waals surface area contributed by atoms with Crippen LogP contribution in [-0.2, 0) is 0 Å². The van der Waals surface area contributed by atoms with Gasteiger partial charge in [0.2, 0.25) is 0 Å². The van der Waals surface area contributed by atoms with Gasteiger partial charge < -0.3 is 5.11 Å². The van der Waals surface area contributed by atoms with Crippen LogP contribution >= 0.6 is 0 Å². The van der Waals surface area contributed by atoms with Crippen molar-refractivity contribution in [3.8, 4) is 5.75 Å². The highest BCUT2D eigenvalue weighted by Gasteiger charge is 2.36. The van der Waals surface area contributed by atoms with Crippen molar-refractivity contribution in [2.24, 2.45) is 5.92 Å². The Kier molecular flexibility index (Phi) is 3.29. The number of hydrogen-bond acceptors (Lipinski definition) is 2. The predicted octanol–water partition coefficient (Wildman–Crippen LogP) is 3.72. The number of rotatable bonds is 1. The maximum atomic E-state index is 9.64. The van der Waals surface area contributed by atoms with Crippen molar-refractivity contribution in [1.29, 1.82) is 0 Å². The zero-order valence-electron chi connectivity index (χ0n) is 11.2. The van der Waals surface area contributed by atoms with Gasteiger partial charge in [0.1, 0.15) is 5.75 Å². The minimum Gasteiger partial charge on any atom is -0.508 e. The van der Waals surface area contributed by atoms with Gasteiger partial charge in [0.15, 0.2) is 0 Å². The first-order valence-corrected chi connectivity index (χ1v) is 7.26. The molecule has 1 aromatic carbocycles. The van der Waals surface area contributed by atoms with Crippen LogP contribution in [0.25, 0.3) is 0 Å². The molecule has 98 valence electrons. The van der Waals surface area contributed by atoms with Crippen molar-refractivity contribution in [2.75, 3.05) is 7.05 Å². The molecular formula is C16H23NO. The maximum Gasteiger partial charge on any atom is 0.115 e. The number of piperidine rings is 1. The molecule has 0 spiro atoms. The second-order valence-electron chi connectivity index (χ2n) is 5.97. The summed E-state index contributed by atoms with van der Waals surface area (Å²) in [6, 6.07) is 9.08. The summed E-state index contributed by atoms with van der Waals surface area (Å²) in [7, 11) is 2.27. The number of aromatic hydroxyl groups is 1. The van der Waals surface area contributed by atoms with Gasteiger partial charge in [-0.1, -0.05) is 25.0 Å². The minimum absolute atomic E-state index is 0.395. The van der Waals surface area contributed by atoms with Crippen molar-refractivity contribution < 1.29 is 5.11 Å². The average Bonchev–Trinajstić information content (AvgIpc) is 2.39. The first kappa shape index (κ1) is 12.0. The van der Waals surface area contributed by atoms with Gasteiger partial charge in [0.25, 0.3) is 0 Å². The summed E-state index contributed by atoms with van der Waals surface area (Å²) >= 11 is 0. The van der Waals surface area contributed by atoms with E-state index in [9.17, 15) is 5.11 Å². The van der Waals surface area contributed by atoms with Crippen molar-refractivity contribution >= 4 is 0 Å². The summed E-state index contributed by atoms with van der Waals surface area (Å²) in [6.07, 6.45) is 8.18. The molecule has 2 aliphatic rings. The van der Waals surface area contributed by atoms with Crippen LogP contribution in [0.1, 0.15) is 50.1 Å². The lowest BCUT2D eigenvalue weighted by Gasteiger charge is -2.47. The van der Waals surface area contributed by atoms with Gasteiger partial charge >= 0.3 is 0 Å². The first-order chi connectivity index (χ1) is 8.75. The quantitative estimate of drug-likeness (QED) is 0.815. The third-order valence-corrected chi connectivity index (χ3v) is 4.95. The van der Waals surface area contributed by atoms with Gasteiger partial charge in [-0.2, -0.15) is 0 Å². The molecule has 0 bridgehead atoms. The van der Waals surface area contributed by atoms with Gasteiger partial charge in [-0.25, -0.2) is 0 Å². The van der Waals surface area contributed by atoms with E-state index in [1.165, 1.54) is 44.1 Å². The summed E-state index contributed by atoms with van der Waals surface area (Å²) < 4.78 is 0. The number of nitrogens with zero attached hydrogens (tertiary/aromatic N) is 1. The van der Waals surface area contributed by atoms with Crippen molar-refractivity contribution in [3.05, 3.63) is 29.8 Å². The maximum absolute atomic E-state index is 9.64. The monoisotopic (exact) mass is 245 g/mol. The van der Waals surface area contributed by atoms with E-state index in [-0.39, 0.29) is 0 Å². The fourth-order valence-corrected chi connectivity index (χ4v) is 4.00. The van der Waals surface area contributed by atoms with Crippen LogP contribution in [-0.4, -0.2) is 23.1 Å². The van der Waals surface area contributed by atoms with E-state index >= 15 is 0 Å². The van der Waals surface area contributed by atoms with Crippen LogP contribution in [0.5, 0.6) is 5.75 Å². The third kappa shape index (κ3) is 2.14. The topological polar surface area (TPSA) is 23.5 Å². The Hall–Kier alpha value is -1.02. The molecule has 1 N–H and O–H groups in total. The molecule has 2 nitrogen and oxygen atoms in total. The molecule has 3 atom stereocenters. The number of phenolic OH excluding ortho intramolecular Hbond substituents is 1. The molecule has 2 heteroatoms. The van der Waals surface area contributed by atoms with Crippen molar-refractivity contribution in [3.63, 3.8) is 0 Å². The van der Waals surface area contributed by atoms with E-state index in [0.717, 1.165) is 12.0 Å². The number of benzene rings is 1. The molecule has 1 aliphatic carbocycles. The molecule has 0 unspecified atom stereocenters. The third-order valence-electron chi connectivity index (χ3n) is 4.95. The molecular weight excluding hydrogens is 222 g/mol. The summed E-state index contributed by atoms with van der Waals surface area (Å²) in [4.78, 5) is 2.57. The van der Waals surface area contributed by atoms with Crippen LogP contribution < -0.4 is 0 Å². The molecule has 1 aromatic rings. The second kappa shape index (κ2) is 4.93. The lowest BCUT2D eigenvalue weighted by atomic mass is 9.75. The van der Waals surface area contributed by atoms with E-state index in [4.69, 9.17) is 0 Å². The fraction of sp³-hybridized carbons (Fsp3) is 0.625. The smallest absolute Gasteiger partial charge is 0.115 e. The van der Waals surface area contributed by atoms with Gasteiger partial charge in [-0.05, 0) is 56.3 Å². The molecule has 2 fully saturated rings. The molecule has 0 radical (unpaired) electrons. The van der Waals surface area contributed by atoms with Gasteiger partial charge in [0.05, 0.1) is 0 Å². The molecule has 3 rings (SSSR count). The Balaban J connectivity index is 1.81. The van der Waals surface area contributed by atoms with Gasteiger partial charge in [-0.15, -0.1) is 0 Å². The molecule has 0 aromatic heterocycles. The number of fused-ring (bicyclic) bond motifs is 1. The van der Waals surface area contributed by atoms with Crippen LogP contribution in [0.3, 0.4) is 0 Å². The molecule has 1 saturated heterocycles. The number of hydrogen-bond donors (Lipinski definition) is 1. The Bertz CT molecular complexity index is 417. The van der Waals surface area contributed by atoms with Crippen LogP contribution in [0, 0.1) is 5.92 Å². The van der Waals surface area contributed by atoms with E-state index in [2.05, 4.69) is 18.0 Å². The molecule has 1 aliphatic heterocycles. The lowest BCUT2D eigenvalue weighted by molar-refractivity contribution is 0.0363. The zero-order valence-corrected chi connectivity index (χ0v) is 11.2. The molecule has 18 heavy (non-hydrogen) atoms. The van der Waals surface area contributed by atoms with Crippen LogP contribution in [0.15, 0.2) is 24.3 Å². The lowest BCUT2D eigenvalue weighted by Crippen LogP contribution is -2.46. The van der Waals surface area contributed by atoms with Gasteiger partial charge in [-0.3, -0.25) is 4.90 Å². The SMILES string of the molecule is CN1[C@H](c2cccc(O)c2)CC[C@H]2CCCC[C@@H]21. The largest absolute Gasteiger partial charge is 0.508 e. The normalized spacial score (nSPS) is 33.1. The van der Waals surface area contributed by atoms with Crippen LogP contribution in [0.2, 0.25) is 0 Å². The molecule has 1 heterocycles. The highest BCUT2D eigenvalue weighted by atomic mass is 16.3. The summed E-state index contributed by atoms with van der Waals surface area (Å²) in [5.74, 6) is 1.31. The minimum atomic E-state index is 0.395. The van der Waals surface area contributed by atoms with E-state index in [0.29, 0.717) is 11.8 Å². The summed E-state index contributed by atoms with van der Waals surface area (Å²) in [5.41, 5.74) is 1.28. The molecule has 0 amide bonds. The Morgan fingerprint density at radius 2 is 1.94 bits per heavy atom. The summed E-state index contributed by atoms with van der Waals surface area (Å²) in [6.45, 7) is 0. The van der Waals surface area contributed by atoms with E-state index in [1.54, 1.807) is 6.07 Å². The Morgan fingerprint density at radius 1 is 1.11 bits per heavy atom. The van der Waals surface area contributed by atoms with Crippen molar-refractivity contribution in [1.82, 2.24) is 4.90 Å². The van der Waals surface area contributed by atoms with E-state index < -0.39 is 0 Å². The average molecular weight is 245 g/mol. The standard InChI is InChI=1S/C16H23NO/c1-17-15-8-3-2-5-12(15)9-10-16(17)13-6-4-7-14(18)11-13/h4,6-7,11-12,15-16,18H,2-3,5,8-10H2,1H3/t12-,15+,16+/m1/s1. The predicted molar refractivity (Wildman–Crippen MR) is 73.6 cm³/mol. The highest BCUT2D eigenvalue weighted by molar-refractivity contribution is 5.29. The molecule has 1 saturated carbocycles. The Morgan fingerprint density at radius 3 is 2.78 bits per heavy atom. The zero-order chi connectivity index (χ0) is 12.5. The second-order valence-corrected chi connectivity index (χ2v) is 5.97.